The van der Waals surface area contributed by atoms with Crippen molar-refractivity contribution < 1.29 is 19.1 Å². The Hall–Kier alpha value is -2.77. The van der Waals surface area contributed by atoms with Crippen molar-refractivity contribution in [3.8, 4) is 5.75 Å². The molecule has 2 saturated heterocycles. The Morgan fingerprint density at radius 1 is 0.862 bits per heavy atom. The average molecular weight is 400 g/mol. The lowest BCUT2D eigenvalue weighted by Crippen LogP contribution is -2.58. The maximum absolute atomic E-state index is 13.1. The molecule has 1 aromatic rings. The number of para-hydroxylation sites is 2. The number of urea groups is 1. The van der Waals surface area contributed by atoms with E-state index in [0.29, 0.717) is 37.6 Å². The maximum atomic E-state index is 13.1. The highest BCUT2D eigenvalue weighted by atomic mass is 16.5. The Bertz CT molecular complexity index is 785. The number of rotatable bonds is 1. The van der Waals surface area contributed by atoms with Crippen molar-refractivity contribution in [2.45, 2.75) is 32.3 Å². The van der Waals surface area contributed by atoms with E-state index in [1.165, 1.54) is 13.3 Å². The van der Waals surface area contributed by atoms with Gasteiger partial charge in [-0.1, -0.05) is 12.1 Å². The molecule has 1 atom stereocenters. The molecule has 8 heteroatoms. The minimum atomic E-state index is -0.724. The van der Waals surface area contributed by atoms with Crippen LogP contribution in [0.4, 0.5) is 10.5 Å². The third-order valence-corrected chi connectivity index (χ3v) is 5.92. The summed E-state index contributed by atoms with van der Waals surface area (Å²) in [6, 6.07) is 7.36. The molecule has 1 unspecified atom stereocenters. The number of carbonyl (C=O) groups is 3. The van der Waals surface area contributed by atoms with Gasteiger partial charge in [0.1, 0.15) is 5.75 Å². The van der Waals surface area contributed by atoms with Crippen LogP contribution >= 0.6 is 0 Å². The van der Waals surface area contributed by atoms with Crippen LogP contribution in [0.25, 0.3) is 0 Å². The predicted octanol–water partition coefficient (Wildman–Crippen LogP) is 1.55. The van der Waals surface area contributed by atoms with Crippen LogP contribution in [0.2, 0.25) is 0 Å². The van der Waals surface area contributed by atoms with Gasteiger partial charge in [0.25, 0.3) is 5.91 Å². The van der Waals surface area contributed by atoms with Crippen LogP contribution in [0.1, 0.15) is 26.2 Å². The van der Waals surface area contributed by atoms with Gasteiger partial charge in [0.05, 0.1) is 12.2 Å². The molecule has 0 bridgehead atoms. The standard InChI is InChI=1S/C21H28N4O4/c1-16(26)25-15-19(29-18-8-4-3-7-17(18)25)20(27)22-11-13-24(14-12-22)21(28)23-9-5-2-6-10-23/h3-4,7-8,19H,2,5-6,9-15H2,1H3. The number of hydrogen-bond donors (Lipinski definition) is 0. The fourth-order valence-electron chi connectivity index (χ4n) is 4.27. The molecular weight excluding hydrogens is 372 g/mol. The number of piperazine rings is 1. The smallest absolute Gasteiger partial charge is 0.320 e. The number of anilines is 1. The molecule has 3 aliphatic rings. The van der Waals surface area contributed by atoms with E-state index in [4.69, 9.17) is 4.74 Å². The lowest BCUT2D eigenvalue weighted by Gasteiger charge is -2.40. The summed E-state index contributed by atoms with van der Waals surface area (Å²) in [6.07, 6.45) is 2.60. The maximum Gasteiger partial charge on any atom is 0.320 e. The van der Waals surface area contributed by atoms with E-state index in [-0.39, 0.29) is 24.4 Å². The molecule has 1 aromatic carbocycles. The summed E-state index contributed by atoms with van der Waals surface area (Å²) in [5, 5.41) is 0. The second-order valence-electron chi connectivity index (χ2n) is 7.85. The molecule has 0 aliphatic carbocycles. The average Bonchev–Trinajstić information content (AvgIpc) is 2.78. The van der Waals surface area contributed by atoms with Crippen molar-refractivity contribution in [3.63, 3.8) is 0 Å². The van der Waals surface area contributed by atoms with Crippen LogP contribution in [0, 0.1) is 0 Å². The van der Waals surface area contributed by atoms with Crippen molar-refractivity contribution in [3.05, 3.63) is 24.3 Å². The van der Waals surface area contributed by atoms with E-state index in [1.54, 1.807) is 15.9 Å². The van der Waals surface area contributed by atoms with Crippen LogP contribution in [-0.4, -0.2) is 84.5 Å². The van der Waals surface area contributed by atoms with E-state index in [9.17, 15) is 14.4 Å². The molecule has 4 rings (SSSR count). The normalized spacial score (nSPS) is 22.0. The number of benzene rings is 1. The Morgan fingerprint density at radius 2 is 1.48 bits per heavy atom. The number of nitrogens with zero attached hydrogens (tertiary/aromatic N) is 4. The summed E-state index contributed by atoms with van der Waals surface area (Å²) in [5.74, 6) is 0.303. The number of hydrogen-bond acceptors (Lipinski definition) is 4. The highest BCUT2D eigenvalue weighted by Gasteiger charge is 2.36. The van der Waals surface area contributed by atoms with Gasteiger partial charge in [0, 0.05) is 46.2 Å². The number of amides is 4. The molecule has 4 amide bonds. The molecule has 2 fully saturated rings. The van der Waals surface area contributed by atoms with Gasteiger partial charge in [-0.25, -0.2) is 4.79 Å². The second-order valence-corrected chi connectivity index (χ2v) is 7.85. The summed E-state index contributed by atoms with van der Waals surface area (Å²) in [6.45, 7) is 5.39. The van der Waals surface area contributed by atoms with E-state index in [0.717, 1.165) is 25.9 Å². The van der Waals surface area contributed by atoms with Gasteiger partial charge in [-0.15, -0.1) is 0 Å². The van der Waals surface area contributed by atoms with Gasteiger partial charge in [-0.05, 0) is 31.4 Å². The van der Waals surface area contributed by atoms with Crippen LogP contribution in [-0.2, 0) is 9.59 Å². The van der Waals surface area contributed by atoms with E-state index in [1.807, 2.05) is 28.0 Å². The molecule has 3 heterocycles. The molecule has 0 spiro atoms. The first-order valence-electron chi connectivity index (χ1n) is 10.4. The first-order chi connectivity index (χ1) is 14.0. The lowest BCUT2D eigenvalue weighted by atomic mass is 10.1. The van der Waals surface area contributed by atoms with E-state index < -0.39 is 6.10 Å². The second kappa shape index (κ2) is 8.31. The number of carbonyl (C=O) groups excluding carboxylic acids is 3. The van der Waals surface area contributed by atoms with Gasteiger partial charge in [0.2, 0.25) is 5.91 Å². The van der Waals surface area contributed by atoms with E-state index in [2.05, 4.69) is 0 Å². The summed E-state index contributed by atoms with van der Waals surface area (Å²) in [5.41, 5.74) is 0.695. The number of likely N-dealkylation sites (tertiary alicyclic amines) is 1. The third kappa shape index (κ3) is 4.02. The first-order valence-corrected chi connectivity index (χ1v) is 10.4. The molecule has 3 aliphatic heterocycles. The van der Waals surface area contributed by atoms with Crippen molar-refractivity contribution >= 4 is 23.5 Å². The van der Waals surface area contributed by atoms with Crippen molar-refractivity contribution in [1.82, 2.24) is 14.7 Å². The zero-order chi connectivity index (χ0) is 20.4. The van der Waals surface area contributed by atoms with Gasteiger partial charge < -0.3 is 24.3 Å². The molecule has 29 heavy (non-hydrogen) atoms. The Labute approximate surface area is 171 Å². The summed E-state index contributed by atoms with van der Waals surface area (Å²) in [7, 11) is 0. The minimum Gasteiger partial charge on any atom is -0.476 e. The zero-order valence-electron chi connectivity index (χ0n) is 16.9. The fraction of sp³-hybridized carbons (Fsp3) is 0.571. The Balaban J connectivity index is 1.37. The van der Waals surface area contributed by atoms with Crippen LogP contribution in [0.5, 0.6) is 5.75 Å². The SMILES string of the molecule is CC(=O)N1CC(C(=O)N2CCN(C(=O)N3CCCCC3)CC2)Oc2ccccc21. The van der Waals surface area contributed by atoms with E-state index >= 15 is 0 Å². The topological polar surface area (TPSA) is 73.4 Å². The number of fused-ring (bicyclic) bond motifs is 1. The zero-order valence-corrected chi connectivity index (χ0v) is 16.9. The monoisotopic (exact) mass is 400 g/mol. The van der Waals surface area contributed by atoms with Crippen molar-refractivity contribution in [2.24, 2.45) is 0 Å². The van der Waals surface area contributed by atoms with Gasteiger partial charge in [-0.3, -0.25) is 9.59 Å². The van der Waals surface area contributed by atoms with Crippen LogP contribution in [0.15, 0.2) is 24.3 Å². The Kier molecular flexibility index (Phi) is 5.60. The molecule has 0 saturated carbocycles. The summed E-state index contributed by atoms with van der Waals surface area (Å²) >= 11 is 0. The highest BCUT2D eigenvalue weighted by molar-refractivity contribution is 5.96. The molecule has 8 nitrogen and oxygen atoms in total. The van der Waals surface area contributed by atoms with Gasteiger partial charge in [0.15, 0.2) is 6.10 Å². The quantitative estimate of drug-likeness (QED) is 0.717. The number of piperidine rings is 1. The first kappa shape index (κ1) is 19.5. The van der Waals surface area contributed by atoms with Crippen molar-refractivity contribution in [1.29, 1.82) is 0 Å². The summed E-state index contributed by atoms with van der Waals surface area (Å²) < 4.78 is 5.92. The predicted molar refractivity (Wildman–Crippen MR) is 108 cm³/mol. The van der Waals surface area contributed by atoms with Gasteiger partial charge in [-0.2, -0.15) is 0 Å². The molecular formula is C21H28N4O4. The minimum absolute atomic E-state index is 0.0856. The third-order valence-electron chi connectivity index (χ3n) is 5.92. The molecule has 0 N–H and O–H groups in total. The van der Waals surface area contributed by atoms with Crippen LogP contribution < -0.4 is 9.64 Å². The largest absolute Gasteiger partial charge is 0.476 e. The van der Waals surface area contributed by atoms with Crippen molar-refractivity contribution in [2.75, 3.05) is 50.7 Å². The molecule has 0 aromatic heterocycles. The molecule has 156 valence electrons. The lowest BCUT2D eigenvalue weighted by molar-refractivity contribution is -0.140. The van der Waals surface area contributed by atoms with Crippen LogP contribution in [0.3, 0.4) is 0 Å². The highest BCUT2D eigenvalue weighted by Crippen LogP contribution is 2.33. The Morgan fingerprint density at radius 3 is 2.17 bits per heavy atom. The number of ether oxygens (including phenoxy) is 1. The fourth-order valence-corrected chi connectivity index (χ4v) is 4.27. The summed E-state index contributed by atoms with van der Waals surface area (Å²) in [4.78, 5) is 44.9. The van der Waals surface area contributed by atoms with Gasteiger partial charge >= 0.3 is 6.03 Å². The molecule has 0 radical (unpaired) electrons.